The van der Waals surface area contributed by atoms with Crippen LogP contribution >= 0.6 is 12.2 Å². The lowest BCUT2D eigenvalue weighted by atomic mass is 10.1. The summed E-state index contributed by atoms with van der Waals surface area (Å²) in [5.74, 6) is 0.259. The lowest BCUT2D eigenvalue weighted by Gasteiger charge is -2.15. The molecule has 0 heterocycles. The maximum Gasteiger partial charge on any atom is 0.269 e. The molecule has 154 valence electrons. The smallest absolute Gasteiger partial charge is 0.269 e. The van der Waals surface area contributed by atoms with Crippen molar-refractivity contribution < 1.29 is 23.8 Å². The molecule has 2 aromatic rings. The summed E-state index contributed by atoms with van der Waals surface area (Å²) in [6.45, 7) is 1.93. The van der Waals surface area contributed by atoms with Crippen molar-refractivity contribution in [2.24, 2.45) is 0 Å². The van der Waals surface area contributed by atoms with E-state index >= 15 is 0 Å². The van der Waals surface area contributed by atoms with Crippen molar-refractivity contribution in [1.29, 1.82) is 0 Å². The molecule has 0 fully saturated rings. The number of amides is 2. The van der Waals surface area contributed by atoms with E-state index in [0.717, 1.165) is 11.1 Å². The van der Waals surface area contributed by atoms with Crippen molar-refractivity contribution in [1.82, 2.24) is 16.2 Å². The van der Waals surface area contributed by atoms with E-state index in [4.69, 9.17) is 26.4 Å². The minimum Gasteiger partial charge on any atom is -0.493 e. The Kier molecular flexibility index (Phi) is 7.79. The molecule has 29 heavy (non-hydrogen) atoms. The molecule has 9 heteroatoms. The van der Waals surface area contributed by atoms with Crippen LogP contribution in [0.3, 0.4) is 0 Å². The zero-order chi connectivity index (χ0) is 21.4. The highest BCUT2D eigenvalue weighted by molar-refractivity contribution is 7.80. The molecule has 2 amide bonds. The van der Waals surface area contributed by atoms with Crippen LogP contribution in [-0.4, -0.2) is 38.3 Å². The Labute approximate surface area is 174 Å². The molecule has 2 aromatic carbocycles. The van der Waals surface area contributed by atoms with Gasteiger partial charge in [-0.15, -0.1) is 0 Å². The molecule has 3 N–H and O–H groups in total. The average Bonchev–Trinajstić information content (AvgIpc) is 2.72. The first-order valence-corrected chi connectivity index (χ1v) is 9.05. The van der Waals surface area contributed by atoms with Crippen LogP contribution in [0.15, 0.2) is 36.4 Å². The molecule has 0 spiro atoms. The number of carbonyl (C=O) groups is 2. The fourth-order valence-corrected chi connectivity index (χ4v) is 2.75. The van der Waals surface area contributed by atoms with Gasteiger partial charge in [0.15, 0.2) is 16.6 Å². The molecule has 0 bridgehead atoms. The first kappa shape index (κ1) is 22.0. The number of hydrogen-bond donors (Lipinski definition) is 3. The summed E-state index contributed by atoms with van der Waals surface area (Å²) in [6, 6.07) is 10.6. The van der Waals surface area contributed by atoms with E-state index in [2.05, 4.69) is 16.2 Å². The van der Waals surface area contributed by atoms with Crippen LogP contribution in [-0.2, 0) is 11.2 Å². The van der Waals surface area contributed by atoms with Crippen LogP contribution in [0.2, 0.25) is 0 Å². The number of benzene rings is 2. The van der Waals surface area contributed by atoms with Gasteiger partial charge in [-0.05, 0) is 42.4 Å². The Balaban J connectivity index is 1.95. The molecule has 0 saturated carbocycles. The highest BCUT2D eigenvalue weighted by Gasteiger charge is 2.17. The molecular formula is C20H23N3O5S. The minimum absolute atomic E-state index is 0.0237. The number of nitrogens with one attached hydrogen (secondary N) is 3. The summed E-state index contributed by atoms with van der Waals surface area (Å²) in [5.41, 5.74) is 7.09. The molecule has 0 radical (unpaired) electrons. The zero-order valence-electron chi connectivity index (χ0n) is 16.6. The van der Waals surface area contributed by atoms with Crippen molar-refractivity contribution in [3.8, 4) is 17.2 Å². The number of hydrogen-bond acceptors (Lipinski definition) is 6. The van der Waals surface area contributed by atoms with E-state index in [1.807, 2.05) is 31.2 Å². The van der Waals surface area contributed by atoms with Crippen molar-refractivity contribution in [2.75, 3.05) is 21.3 Å². The van der Waals surface area contributed by atoms with E-state index in [1.165, 1.54) is 33.5 Å². The first-order chi connectivity index (χ1) is 13.9. The van der Waals surface area contributed by atoms with Crippen LogP contribution in [0, 0.1) is 6.92 Å². The molecule has 0 aliphatic carbocycles. The third-order valence-electron chi connectivity index (χ3n) is 4.08. The molecular weight excluding hydrogens is 394 g/mol. The number of thiocarbonyl (C=S) groups is 1. The number of methoxy groups -OCH3 is 3. The lowest BCUT2D eigenvalue weighted by Crippen LogP contribution is -2.48. The van der Waals surface area contributed by atoms with Crippen LogP contribution in [0.5, 0.6) is 17.2 Å². The maximum atomic E-state index is 12.4. The SMILES string of the molecule is COc1cc(C(=O)NNC(=S)NC(=O)Cc2ccccc2C)cc(OC)c1OC. The van der Waals surface area contributed by atoms with Gasteiger partial charge < -0.3 is 19.5 Å². The molecule has 0 aromatic heterocycles. The van der Waals surface area contributed by atoms with Gasteiger partial charge in [0, 0.05) is 5.56 Å². The highest BCUT2D eigenvalue weighted by Crippen LogP contribution is 2.38. The predicted molar refractivity (Wildman–Crippen MR) is 112 cm³/mol. The molecule has 0 unspecified atom stereocenters. The van der Waals surface area contributed by atoms with Crippen molar-refractivity contribution in [3.63, 3.8) is 0 Å². The molecule has 8 nitrogen and oxygen atoms in total. The van der Waals surface area contributed by atoms with Crippen molar-refractivity contribution >= 4 is 29.1 Å². The van der Waals surface area contributed by atoms with Gasteiger partial charge in [-0.1, -0.05) is 24.3 Å². The number of carbonyl (C=O) groups excluding carboxylic acids is 2. The normalized spacial score (nSPS) is 9.93. The lowest BCUT2D eigenvalue weighted by molar-refractivity contribution is -0.119. The summed E-state index contributed by atoms with van der Waals surface area (Å²) < 4.78 is 15.7. The molecule has 0 aliphatic heterocycles. The summed E-state index contributed by atoms with van der Waals surface area (Å²) in [4.78, 5) is 24.5. The summed E-state index contributed by atoms with van der Waals surface area (Å²) in [6.07, 6.45) is 0.176. The fourth-order valence-electron chi connectivity index (χ4n) is 2.58. The van der Waals surface area contributed by atoms with Crippen LogP contribution < -0.4 is 30.4 Å². The topological polar surface area (TPSA) is 97.9 Å². The number of ether oxygens (including phenoxy) is 3. The summed E-state index contributed by atoms with van der Waals surface area (Å²) in [7, 11) is 4.38. The Morgan fingerprint density at radius 2 is 1.59 bits per heavy atom. The third-order valence-corrected chi connectivity index (χ3v) is 4.29. The monoisotopic (exact) mass is 417 g/mol. The standard InChI is InChI=1S/C20H23N3O5S/c1-12-7-5-6-8-13(12)11-17(24)21-20(29)23-22-19(25)14-9-15(26-2)18(28-4)16(10-14)27-3/h5-10H,11H2,1-4H3,(H,22,25)(H2,21,23,24,29). The van der Waals surface area contributed by atoms with E-state index in [9.17, 15) is 9.59 Å². The molecule has 2 rings (SSSR count). The van der Waals surface area contributed by atoms with E-state index in [-0.39, 0.29) is 23.0 Å². The Hall–Kier alpha value is -3.33. The van der Waals surface area contributed by atoms with Gasteiger partial charge in [-0.2, -0.15) is 0 Å². The van der Waals surface area contributed by atoms with Crippen molar-refractivity contribution in [2.45, 2.75) is 13.3 Å². The van der Waals surface area contributed by atoms with Gasteiger partial charge >= 0.3 is 0 Å². The fraction of sp³-hybridized carbons (Fsp3) is 0.250. The molecule has 0 saturated heterocycles. The first-order valence-electron chi connectivity index (χ1n) is 8.64. The number of hydrazine groups is 1. The largest absolute Gasteiger partial charge is 0.493 e. The van der Waals surface area contributed by atoms with E-state index in [0.29, 0.717) is 17.2 Å². The second kappa shape index (κ2) is 10.3. The Morgan fingerprint density at radius 3 is 2.14 bits per heavy atom. The molecule has 0 aliphatic rings. The summed E-state index contributed by atoms with van der Waals surface area (Å²) in [5, 5.41) is 2.50. The van der Waals surface area contributed by atoms with Crippen LogP contribution in [0.1, 0.15) is 21.5 Å². The third kappa shape index (κ3) is 5.82. The maximum absolute atomic E-state index is 12.4. The van der Waals surface area contributed by atoms with Gasteiger partial charge in [0.25, 0.3) is 5.91 Å². The Morgan fingerprint density at radius 1 is 0.966 bits per heavy atom. The quantitative estimate of drug-likeness (QED) is 0.488. The van der Waals surface area contributed by atoms with E-state index in [1.54, 1.807) is 0 Å². The second-order valence-corrected chi connectivity index (χ2v) is 6.38. The predicted octanol–water partition coefficient (Wildman–Crippen LogP) is 1.90. The van der Waals surface area contributed by atoms with Gasteiger partial charge in [-0.25, -0.2) is 0 Å². The van der Waals surface area contributed by atoms with Crippen LogP contribution in [0.4, 0.5) is 0 Å². The zero-order valence-corrected chi connectivity index (χ0v) is 17.4. The van der Waals surface area contributed by atoms with Gasteiger partial charge in [0.05, 0.1) is 27.8 Å². The number of aryl methyl sites for hydroxylation is 1. The number of rotatable bonds is 6. The van der Waals surface area contributed by atoms with Gasteiger partial charge in [0.1, 0.15) is 0 Å². The minimum atomic E-state index is -0.500. The van der Waals surface area contributed by atoms with E-state index < -0.39 is 5.91 Å². The van der Waals surface area contributed by atoms with Gasteiger partial charge in [0.2, 0.25) is 11.7 Å². The second-order valence-electron chi connectivity index (χ2n) is 5.97. The Bertz CT molecular complexity index is 892. The molecule has 0 atom stereocenters. The highest BCUT2D eigenvalue weighted by atomic mass is 32.1. The van der Waals surface area contributed by atoms with Crippen molar-refractivity contribution in [3.05, 3.63) is 53.1 Å². The average molecular weight is 417 g/mol. The van der Waals surface area contributed by atoms with Crippen LogP contribution in [0.25, 0.3) is 0 Å². The van der Waals surface area contributed by atoms with Gasteiger partial charge in [-0.3, -0.25) is 20.4 Å². The summed E-state index contributed by atoms with van der Waals surface area (Å²) >= 11 is 5.06.